The Balaban J connectivity index is 0.000000300. The highest BCUT2D eigenvalue weighted by molar-refractivity contribution is 5.82. The second-order valence-corrected chi connectivity index (χ2v) is 6.81. The van der Waals surface area contributed by atoms with E-state index in [4.69, 9.17) is 20.3 Å². The maximum atomic E-state index is 10.8. The third kappa shape index (κ3) is 10.2. The van der Waals surface area contributed by atoms with Crippen molar-refractivity contribution in [1.82, 2.24) is 5.32 Å². The van der Waals surface area contributed by atoms with Gasteiger partial charge in [-0.2, -0.15) is 0 Å². The molecule has 0 heterocycles. The van der Waals surface area contributed by atoms with Crippen LogP contribution in [0.1, 0.15) is 24.5 Å². The number of nitrogens with one attached hydrogen (secondary N) is 1. The molecule has 164 valence electrons. The van der Waals surface area contributed by atoms with Crippen molar-refractivity contribution in [3.63, 3.8) is 0 Å². The van der Waals surface area contributed by atoms with Crippen LogP contribution in [0.4, 0.5) is 0 Å². The van der Waals surface area contributed by atoms with E-state index in [0.29, 0.717) is 6.42 Å². The lowest BCUT2D eigenvalue weighted by atomic mass is 10.1. The van der Waals surface area contributed by atoms with Crippen LogP contribution in [0.3, 0.4) is 0 Å². The van der Waals surface area contributed by atoms with Crippen LogP contribution in [-0.2, 0) is 31.9 Å². The predicted octanol–water partition coefficient (Wildman–Crippen LogP) is 2.38. The van der Waals surface area contributed by atoms with Crippen molar-refractivity contribution in [2.24, 2.45) is 5.73 Å². The summed E-state index contributed by atoms with van der Waals surface area (Å²) in [5, 5.41) is 11.3. The van der Waals surface area contributed by atoms with E-state index in [-0.39, 0.29) is 18.2 Å². The highest BCUT2D eigenvalue weighted by Crippen LogP contribution is 2.08. The quantitative estimate of drug-likeness (QED) is 0.513. The molecule has 4 N–H and O–H groups in total. The summed E-state index contributed by atoms with van der Waals surface area (Å²) in [4.78, 5) is 21.6. The molecular formula is C23H32N2O5. The maximum absolute atomic E-state index is 10.8. The number of nitrogens with two attached hydrogens (primary N) is 1. The van der Waals surface area contributed by atoms with E-state index in [9.17, 15) is 9.59 Å². The number of aryl methyl sites for hydroxylation is 1. The zero-order chi connectivity index (χ0) is 22.4. The zero-order valence-electron chi connectivity index (χ0n) is 17.8. The van der Waals surface area contributed by atoms with E-state index in [2.05, 4.69) is 17.4 Å². The number of benzene rings is 2. The highest BCUT2D eigenvalue weighted by Gasteiger charge is 2.18. The van der Waals surface area contributed by atoms with Gasteiger partial charge in [-0.25, -0.2) is 4.79 Å². The van der Waals surface area contributed by atoms with Gasteiger partial charge in [0.1, 0.15) is 6.04 Å². The Labute approximate surface area is 178 Å². The first-order valence-corrected chi connectivity index (χ1v) is 9.76. The van der Waals surface area contributed by atoms with Crippen molar-refractivity contribution in [3.8, 4) is 0 Å². The Morgan fingerprint density at radius 1 is 0.967 bits per heavy atom. The van der Waals surface area contributed by atoms with Crippen LogP contribution in [0, 0.1) is 0 Å². The van der Waals surface area contributed by atoms with Crippen LogP contribution in [-0.4, -0.2) is 49.6 Å². The molecule has 2 atom stereocenters. The van der Waals surface area contributed by atoms with Crippen LogP contribution in [0.5, 0.6) is 0 Å². The number of methoxy groups -OCH3 is 2. The first-order chi connectivity index (χ1) is 14.4. The van der Waals surface area contributed by atoms with E-state index in [1.807, 2.05) is 48.5 Å². The van der Waals surface area contributed by atoms with Gasteiger partial charge < -0.3 is 25.6 Å². The fraction of sp³-hybridized carbons (Fsp3) is 0.391. The fourth-order valence-electron chi connectivity index (χ4n) is 2.86. The molecule has 30 heavy (non-hydrogen) atoms. The van der Waals surface area contributed by atoms with Gasteiger partial charge in [0.15, 0.2) is 6.29 Å². The number of aliphatic carboxylic acids is 1. The van der Waals surface area contributed by atoms with Crippen molar-refractivity contribution in [3.05, 3.63) is 71.8 Å². The summed E-state index contributed by atoms with van der Waals surface area (Å²) in [6.07, 6.45) is 1.80. The monoisotopic (exact) mass is 416 g/mol. The largest absolute Gasteiger partial charge is 0.480 e. The van der Waals surface area contributed by atoms with Crippen molar-refractivity contribution in [2.75, 3.05) is 14.2 Å². The number of carboxylic acids is 1. The zero-order valence-corrected chi connectivity index (χ0v) is 17.8. The van der Waals surface area contributed by atoms with Gasteiger partial charge in [0, 0.05) is 27.6 Å². The van der Waals surface area contributed by atoms with Gasteiger partial charge in [-0.1, -0.05) is 60.7 Å². The van der Waals surface area contributed by atoms with Crippen LogP contribution >= 0.6 is 0 Å². The fourth-order valence-corrected chi connectivity index (χ4v) is 2.86. The molecule has 0 bridgehead atoms. The minimum Gasteiger partial charge on any atom is -0.480 e. The molecule has 0 fully saturated rings. The molecule has 0 aliphatic heterocycles. The minimum absolute atomic E-state index is 0.0831. The normalized spacial score (nSPS) is 12.4. The molecule has 2 aromatic carbocycles. The van der Waals surface area contributed by atoms with Gasteiger partial charge in [-0.05, 0) is 24.0 Å². The van der Waals surface area contributed by atoms with Crippen LogP contribution in [0.2, 0.25) is 0 Å². The first-order valence-electron chi connectivity index (χ1n) is 9.76. The lowest BCUT2D eigenvalue weighted by Crippen LogP contribution is -2.41. The number of rotatable bonds is 10. The number of carbonyl (C=O) groups excluding carboxylic acids is 1. The average Bonchev–Trinajstić information content (AvgIpc) is 2.74. The summed E-state index contributed by atoms with van der Waals surface area (Å²) in [7, 11) is 3.22. The topological polar surface area (TPSA) is 111 Å². The number of hydrogen-bond donors (Lipinski definition) is 3. The summed E-state index contributed by atoms with van der Waals surface area (Å²) in [5.74, 6) is -1.35. The summed E-state index contributed by atoms with van der Waals surface area (Å²) >= 11 is 0. The van der Waals surface area contributed by atoms with Crippen molar-refractivity contribution < 1.29 is 24.2 Å². The molecule has 1 amide bonds. The molecule has 1 unspecified atom stereocenters. The van der Waals surface area contributed by atoms with Gasteiger partial charge in [-0.15, -0.1) is 0 Å². The Kier molecular flexibility index (Phi) is 12.0. The van der Waals surface area contributed by atoms with Crippen molar-refractivity contribution in [1.29, 1.82) is 0 Å². The number of hydrogen-bond acceptors (Lipinski definition) is 5. The van der Waals surface area contributed by atoms with Crippen LogP contribution in [0.15, 0.2) is 60.7 Å². The SMILES string of the molecule is CC(=O)NC(Cc1ccccc1)C(=O)O.COC(OC)[C@H](N)CCc1ccccc1. The smallest absolute Gasteiger partial charge is 0.326 e. The highest BCUT2D eigenvalue weighted by atomic mass is 16.7. The summed E-state index contributed by atoms with van der Waals surface area (Å²) in [5.41, 5.74) is 8.12. The molecule has 0 saturated carbocycles. The van der Waals surface area contributed by atoms with E-state index in [1.165, 1.54) is 12.5 Å². The molecular weight excluding hydrogens is 384 g/mol. The molecule has 0 radical (unpaired) electrons. The van der Waals surface area contributed by atoms with Crippen molar-refractivity contribution in [2.45, 2.75) is 44.6 Å². The second-order valence-electron chi connectivity index (χ2n) is 6.81. The lowest BCUT2D eigenvalue weighted by Gasteiger charge is -2.20. The van der Waals surface area contributed by atoms with Gasteiger partial charge in [0.25, 0.3) is 0 Å². The Morgan fingerprint density at radius 2 is 1.47 bits per heavy atom. The standard InChI is InChI=1S/C12H19NO2.C11H13NO3/c1-14-12(15-2)11(13)9-8-10-6-4-3-5-7-10;1-8(13)12-10(11(14)15)7-9-5-3-2-4-6-9/h3-7,11-12H,8-9,13H2,1-2H3;2-6,10H,7H2,1H3,(H,12,13)(H,14,15)/t11-;/m1./s1. The summed E-state index contributed by atoms with van der Waals surface area (Å²) in [6, 6.07) is 18.5. The summed E-state index contributed by atoms with van der Waals surface area (Å²) < 4.78 is 10.2. The number of carbonyl (C=O) groups is 2. The lowest BCUT2D eigenvalue weighted by molar-refractivity contribution is -0.141. The molecule has 7 nitrogen and oxygen atoms in total. The molecule has 0 spiro atoms. The molecule has 0 aliphatic carbocycles. The number of amides is 1. The second kappa shape index (κ2) is 14.3. The number of carboxylic acid groups (broad SMARTS) is 1. The van der Waals surface area contributed by atoms with E-state index in [1.54, 1.807) is 14.2 Å². The minimum atomic E-state index is -1.02. The maximum Gasteiger partial charge on any atom is 0.326 e. The van der Waals surface area contributed by atoms with Gasteiger partial charge in [0.05, 0.1) is 6.04 Å². The Morgan fingerprint density at radius 3 is 1.90 bits per heavy atom. The Bertz CT molecular complexity index is 736. The third-order valence-corrected chi connectivity index (χ3v) is 4.38. The summed E-state index contributed by atoms with van der Waals surface area (Å²) in [6.45, 7) is 1.31. The molecule has 2 aromatic rings. The number of ether oxygens (including phenoxy) is 2. The predicted molar refractivity (Wildman–Crippen MR) is 116 cm³/mol. The first kappa shape index (κ1) is 25.3. The van der Waals surface area contributed by atoms with Gasteiger partial charge in [0.2, 0.25) is 5.91 Å². The van der Waals surface area contributed by atoms with Gasteiger partial charge in [-0.3, -0.25) is 4.79 Å². The van der Waals surface area contributed by atoms with E-state index >= 15 is 0 Å². The molecule has 0 saturated heterocycles. The third-order valence-electron chi connectivity index (χ3n) is 4.38. The van der Waals surface area contributed by atoms with E-state index in [0.717, 1.165) is 18.4 Å². The average molecular weight is 417 g/mol. The molecule has 2 rings (SSSR count). The molecule has 0 aromatic heterocycles. The Hall–Kier alpha value is -2.74. The van der Waals surface area contributed by atoms with Crippen LogP contribution < -0.4 is 11.1 Å². The molecule has 0 aliphatic rings. The van der Waals surface area contributed by atoms with Gasteiger partial charge >= 0.3 is 5.97 Å². The van der Waals surface area contributed by atoms with E-state index < -0.39 is 12.0 Å². The molecule has 7 heteroatoms. The van der Waals surface area contributed by atoms with Crippen LogP contribution in [0.25, 0.3) is 0 Å². The van der Waals surface area contributed by atoms with Crippen molar-refractivity contribution >= 4 is 11.9 Å².